The van der Waals surface area contributed by atoms with Crippen molar-refractivity contribution in [3.05, 3.63) is 0 Å². The summed E-state index contributed by atoms with van der Waals surface area (Å²) in [5, 5.41) is 9.09. The van der Waals surface area contributed by atoms with Crippen LogP contribution in [0.15, 0.2) is 0 Å². The highest BCUT2D eigenvalue weighted by Crippen LogP contribution is 2.58. The van der Waals surface area contributed by atoms with E-state index in [1.807, 2.05) is 13.8 Å². The van der Waals surface area contributed by atoms with Crippen LogP contribution in [0.5, 0.6) is 0 Å². The summed E-state index contributed by atoms with van der Waals surface area (Å²) in [6.07, 6.45) is 0.810. The third-order valence-electron chi connectivity index (χ3n) is 3.81. The van der Waals surface area contributed by atoms with Gasteiger partial charge in [-0.15, -0.1) is 0 Å². The van der Waals surface area contributed by atoms with Crippen LogP contribution < -0.4 is 5.73 Å². The molecule has 1 aliphatic carbocycles. The van der Waals surface area contributed by atoms with Crippen molar-refractivity contribution >= 4 is 5.97 Å². The van der Waals surface area contributed by atoms with Crippen LogP contribution in [0, 0.1) is 11.3 Å². The molecule has 0 spiro atoms. The van der Waals surface area contributed by atoms with Crippen molar-refractivity contribution in [1.29, 1.82) is 0 Å². The maximum absolute atomic E-state index is 11.1. The lowest BCUT2D eigenvalue weighted by Gasteiger charge is -2.59. The first-order valence-electron chi connectivity index (χ1n) is 4.56. The molecule has 2 rings (SSSR count). The normalized spacial score (nSPS) is 46.7. The first kappa shape index (κ1) is 8.97. The molecule has 1 aliphatic heterocycles. The molecule has 0 aromatic carbocycles. The first-order chi connectivity index (χ1) is 5.92. The molecule has 4 heteroatoms. The van der Waals surface area contributed by atoms with Crippen LogP contribution in [0.2, 0.25) is 0 Å². The van der Waals surface area contributed by atoms with Crippen molar-refractivity contribution < 1.29 is 14.6 Å². The van der Waals surface area contributed by atoms with Gasteiger partial charge in [-0.05, 0) is 6.42 Å². The number of rotatable bonds is 1. The number of hydrogen-bond acceptors (Lipinski definition) is 3. The lowest BCUT2D eigenvalue weighted by Crippen LogP contribution is -2.78. The van der Waals surface area contributed by atoms with Crippen molar-refractivity contribution in [3.63, 3.8) is 0 Å². The Hall–Kier alpha value is -0.610. The summed E-state index contributed by atoms with van der Waals surface area (Å²) in [4.78, 5) is 11.1. The molecule has 13 heavy (non-hydrogen) atoms. The van der Waals surface area contributed by atoms with E-state index in [2.05, 4.69) is 0 Å². The minimum atomic E-state index is -1.09. The number of ether oxygens (including phenoxy) is 1. The molecule has 4 nitrogen and oxygen atoms in total. The van der Waals surface area contributed by atoms with Crippen LogP contribution >= 0.6 is 0 Å². The van der Waals surface area contributed by atoms with E-state index in [1.54, 1.807) is 0 Å². The lowest BCUT2D eigenvalue weighted by molar-refractivity contribution is -0.190. The van der Waals surface area contributed by atoms with Crippen LogP contribution in [-0.2, 0) is 9.53 Å². The van der Waals surface area contributed by atoms with Gasteiger partial charge in [-0.3, -0.25) is 4.79 Å². The van der Waals surface area contributed by atoms with E-state index >= 15 is 0 Å². The van der Waals surface area contributed by atoms with Gasteiger partial charge in [-0.25, -0.2) is 0 Å². The van der Waals surface area contributed by atoms with Gasteiger partial charge < -0.3 is 15.6 Å². The maximum Gasteiger partial charge on any atom is 0.324 e. The Balaban J connectivity index is 2.35. The van der Waals surface area contributed by atoms with E-state index in [0.29, 0.717) is 6.61 Å². The smallest absolute Gasteiger partial charge is 0.324 e. The summed E-state index contributed by atoms with van der Waals surface area (Å²) in [7, 11) is 0. The van der Waals surface area contributed by atoms with Crippen molar-refractivity contribution in [2.24, 2.45) is 17.1 Å². The van der Waals surface area contributed by atoms with Gasteiger partial charge in [-0.2, -0.15) is 0 Å². The molecule has 1 saturated carbocycles. The monoisotopic (exact) mass is 185 g/mol. The van der Waals surface area contributed by atoms with Crippen molar-refractivity contribution in [2.45, 2.75) is 31.9 Å². The minimum absolute atomic E-state index is 0.000000000000000444. The topological polar surface area (TPSA) is 72.5 Å². The summed E-state index contributed by atoms with van der Waals surface area (Å²) < 4.78 is 5.47. The number of carboxylic acid groups (broad SMARTS) is 1. The average molecular weight is 185 g/mol. The van der Waals surface area contributed by atoms with Gasteiger partial charge in [0.15, 0.2) is 0 Å². The van der Waals surface area contributed by atoms with Crippen molar-refractivity contribution in [1.82, 2.24) is 0 Å². The third-order valence-corrected chi connectivity index (χ3v) is 3.81. The van der Waals surface area contributed by atoms with Gasteiger partial charge in [0.2, 0.25) is 0 Å². The zero-order chi connectivity index (χ0) is 9.85. The van der Waals surface area contributed by atoms with Gasteiger partial charge in [0.1, 0.15) is 5.54 Å². The highest BCUT2D eigenvalue weighted by Gasteiger charge is 2.71. The van der Waals surface area contributed by atoms with Gasteiger partial charge in [0.25, 0.3) is 0 Å². The molecule has 3 N–H and O–H groups in total. The third kappa shape index (κ3) is 0.758. The van der Waals surface area contributed by atoms with Crippen LogP contribution in [-0.4, -0.2) is 29.3 Å². The Morgan fingerprint density at radius 2 is 2.23 bits per heavy atom. The van der Waals surface area contributed by atoms with Crippen LogP contribution in [0.25, 0.3) is 0 Å². The van der Waals surface area contributed by atoms with E-state index in [4.69, 9.17) is 15.6 Å². The Labute approximate surface area is 77.1 Å². The van der Waals surface area contributed by atoms with E-state index in [-0.39, 0.29) is 12.0 Å². The fourth-order valence-electron chi connectivity index (χ4n) is 2.82. The maximum atomic E-state index is 11.1. The quantitative estimate of drug-likeness (QED) is 0.612. The molecule has 3 atom stereocenters. The molecule has 2 aliphatic rings. The van der Waals surface area contributed by atoms with E-state index < -0.39 is 16.9 Å². The SMILES string of the molecule is CC1(C)C2OCCC2C1(N)C(=O)O. The highest BCUT2D eigenvalue weighted by molar-refractivity contribution is 5.82. The largest absolute Gasteiger partial charge is 0.480 e. The predicted octanol–water partition coefficient (Wildman–Crippen LogP) is 0.213. The second-order valence-corrected chi connectivity index (χ2v) is 4.58. The number of nitrogens with two attached hydrogens (primary N) is 1. The molecule has 0 bridgehead atoms. The number of hydrogen-bond donors (Lipinski definition) is 2. The van der Waals surface area contributed by atoms with Gasteiger partial charge in [0.05, 0.1) is 6.10 Å². The van der Waals surface area contributed by atoms with Gasteiger partial charge in [0, 0.05) is 17.9 Å². The summed E-state index contributed by atoms with van der Waals surface area (Å²) in [6.45, 7) is 4.38. The fourth-order valence-corrected chi connectivity index (χ4v) is 2.82. The summed E-state index contributed by atoms with van der Waals surface area (Å²) in [5.41, 5.74) is 4.40. The van der Waals surface area contributed by atoms with Crippen LogP contribution in [0.1, 0.15) is 20.3 Å². The zero-order valence-corrected chi connectivity index (χ0v) is 7.91. The number of aliphatic carboxylic acids is 1. The second-order valence-electron chi connectivity index (χ2n) is 4.58. The molecular formula is C9H15NO3. The second kappa shape index (κ2) is 2.25. The van der Waals surface area contributed by atoms with Crippen molar-refractivity contribution in [2.75, 3.05) is 6.61 Å². The van der Waals surface area contributed by atoms with E-state index in [9.17, 15) is 4.79 Å². The fraction of sp³-hybridized carbons (Fsp3) is 0.889. The van der Waals surface area contributed by atoms with E-state index in [0.717, 1.165) is 6.42 Å². The number of carboxylic acids is 1. The molecular weight excluding hydrogens is 170 g/mol. The Morgan fingerprint density at radius 1 is 1.62 bits per heavy atom. The molecule has 0 aromatic heterocycles. The molecule has 1 heterocycles. The van der Waals surface area contributed by atoms with Crippen LogP contribution in [0.4, 0.5) is 0 Å². The summed E-state index contributed by atoms with van der Waals surface area (Å²) >= 11 is 0. The Morgan fingerprint density at radius 3 is 2.77 bits per heavy atom. The van der Waals surface area contributed by atoms with Gasteiger partial charge >= 0.3 is 5.97 Å². The highest BCUT2D eigenvalue weighted by atomic mass is 16.5. The predicted molar refractivity (Wildman–Crippen MR) is 46.2 cm³/mol. The average Bonchev–Trinajstić information content (AvgIpc) is 2.48. The van der Waals surface area contributed by atoms with Crippen LogP contribution in [0.3, 0.4) is 0 Å². The molecule has 2 fully saturated rings. The van der Waals surface area contributed by atoms with Gasteiger partial charge in [-0.1, -0.05) is 13.8 Å². The summed E-state index contributed by atoms with van der Waals surface area (Å²) in [5.74, 6) is -0.899. The molecule has 0 radical (unpaired) electrons. The van der Waals surface area contributed by atoms with E-state index in [1.165, 1.54) is 0 Å². The molecule has 1 saturated heterocycles. The molecule has 0 aromatic rings. The molecule has 74 valence electrons. The zero-order valence-electron chi connectivity index (χ0n) is 7.91. The molecule has 3 unspecified atom stereocenters. The number of fused-ring (bicyclic) bond motifs is 1. The molecule has 0 amide bonds. The first-order valence-corrected chi connectivity index (χ1v) is 4.56. The minimum Gasteiger partial charge on any atom is -0.480 e. The number of carbonyl (C=O) groups is 1. The Kier molecular flexibility index (Phi) is 1.55. The Bertz CT molecular complexity index is 264. The standard InChI is InChI=1S/C9H15NO3/c1-8(2)6-5(3-4-13-6)9(8,10)7(11)12/h5-6H,3-4,10H2,1-2H3,(H,11,12). The van der Waals surface area contributed by atoms with Crippen molar-refractivity contribution in [3.8, 4) is 0 Å². The lowest BCUT2D eigenvalue weighted by atomic mass is 9.48. The summed E-state index contributed by atoms with van der Waals surface area (Å²) in [6, 6.07) is 0.